The third-order valence-electron chi connectivity index (χ3n) is 1.34. The minimum Gasteiger partial charge on any atom is -0.379 e. The minimum atomic E-state index is 0.432. The van der Waals surface area contributed by atoms with Gasteiger partial charge in [0.15, 0.2) is 5.17 Å². The molecule has 0 aromatic carbocycles. The summed E-state index contributed by atoms with van der Waals surface area (Å²) in [6.07, 6.45) is 1.16. The van der Waals surface area contributed by atoms with Crippen LogP contribution in [-0.4, -0.2) is 16.5 Å². The Hall–Kier alpha value is -0.180. The molecule has 0 fully saturated rings. The number of nitrogens with zero attached hydrogens (tertiary/aromatic N) is 1. The molecule has 0 bridgehead atoms. The van der Waals surface area contributed by atoms with E-state index in [2.05, 4.69) is 18.8 Å². The van der Waals surface area contributed by atoms with E-state index in [9.17, 15) is 0 Å². The zero-order chi connectivity index (χ0) is 6.85. The summed E-state index contributed by atoms with van der Waals surface area (Å²) in [4.78, 5) is 4.19. The molecule has 0 aromatic heterocycles. The molecule has 0 radical (unpaired) electrons. The fourth-order valence-electron chi connectivity index (χ4n) is 1.03. The van der Waals surface area contributed by atoms with Crippen LogP contribution < -0.4 is 5.73 Å². The van der Waals surface area contributed by atoms with Gasteiger partial charge in [-0.1, -0.05) is 18.7 Å². The summed E-state index contributed by atoms with van der Waals surface area (Å²) in [6.45, 7) is 4.28. The summed E-state index contributed by atoms with van der Waals surface area (Å²) >= 11 is 1.67. The van der Waals surface area contributed by atoms with Gasteiger partial charge in [-0.3, -0.25) is 4.99 Å². The number of nitrogens with two attached hydrogens (primary N) is 1. The molecule has 0 aromatic rings. The highest BCUT2D eigenvalue weighted by atomic mass is 32.2. The van der Waals surface area contributed by atoms with E-state index >= 15 is 0 Å². The Bertz CT molecular complexity index is 133. The van der Waals surface area contributed by atoms with Gasteiger partial charge in [-0.15, -0.1) is 0 Å². The van der Waals surface area contributed by atoms with Crippen molar-refractivity contribution in [2.75, 3.05) is 0 Å². The summed E-state index contributed by atoms with van der Waals surface area (Å²) < 4.78 is 0. The number of thioether (sulfide) groups is 1. The van der Waals surface area contributed by atoms with Crippen molar-refractivity contribution in [1.29, 1.82) is 0 Å². The van der Waals surface area contributed by atoms with Gasteiger partial charge >= 0.3 is 0 Å². The molecule has 1 aliphatic rings. The average Bonchev–Trinajstić information content (AvgIpc) is 1.59. The maximum Gasteiger partial charge on any atom is 0.154 e. The van der Waals surface area contributed by atoms with Crippen molar-refractivity contribution >= 4 is 16.9 Å². The van der Waals surface area contributed by atoms with E-state index in [4.69, 9.17) is 5.73 Å². The van der Waals surface area contributed by atoms with Gasteiger partial charge in [-0.05, 0) is 13.3 Å². The molecular formula is C6H12N2S. The van der Waals surface area contributed by atoms with E-state index in [1.54, 1.807) is 11.8 Å². The molecule has 0 saturated heterocycles. The van der Waals surface area contributed by atoms with Gasteiger partial charge in [-0.2, -0.15) is 0 Å². The third-order valence-corrected chi connectivity index (χ3v) is 2.28. The van der Waals surface area contributed by atoms with E-state index < -0.39 is 0 Å². The van der Waals surface area contributed by atoms with Crippen LogP contribution >= 0.6 is 11.8 Å². The SMILES string of the molecule is C[C@@H]1C[C@H](C)N=C(N)S1. The topological polar surface area (TPSA) is 38.4 Å². The quantitative estimate of drug-likeness (QED) is 0.555. The number of amidine groups is 1. The molecule has 0 aliphatic carbocycles. The van der Waals surface area contributed by atoms with Gasteiger partial charge in [0.1, 0.15) is 0 Å². The first-order chi connectivity index (χ1) is 4.18. The number of hydrogen-bond donors (Lipinski definition) is 1. The Labute approximate surface area is 59.9 Å². The summed E-state index contributed by atoms with van der Waals surface area (Å²) in [5, 5.41) is 1.40. The standard InChI is InChI=1S/C6H12N2S/c1-4-3-5(2)9-6(7)8-4/h4-5H,3H2,1-2H3,(H2,7,8)/t4-,5+/m0/s1. The van der Waals surface area contributed by atoms with Crippen molar-refractivity contribution in [3.8, 4) is 0 Å². The first-order valence-electron chi connectivity index (χ1n) is 3.18. The van der Waals surface area contributed by atoms with Crippen LogP contribution in [0, 0.1) is 0 Å². The highest BCUT2D eigenvalue weighted by Crippen LogP contribution is 2.22. The van der Waals surface area contributed by atoms with Gasteiger partial charge in [0.05, 0.1) is 6.04 Å². The minimum absolute atomic E-state index is 0.432. The van der Waals surface area contributed by atoms with E-state index in [1.807, 2.05) is 0 Å². The molecule has 3 heteroatoms. The van der Waals surface area contributed by atoms with Crippen molar-refractivity contribution in [2.24, 2.45) is 10.7 Å². The van der Waals surface area contributed by atoms with Crippen molar-refractivity contribution < 1.29 is 0 Å². The van der Waals surface area contributed by atoms with Gasteiger partial charge in [-0.25, -0.2) is 0 Å². The molecule has 0 amide bonds. The van der Waals surface area contributed by atoms with E-state index in [-0.39, 0.29) is 0 Å². The maximum absolute atomic E-state index is 5.53. The predicted octanol–water partition coefficient (Wildman–Crippen LogP) is 1.22. The summed E-state index contributed by atoms with van der Waals surface area (Å²) in [6, 6.07) is 0.432. The monoisotopic (exact) mass is 144 g/mol. The van der Waals surface area contributed by atoms with E-state index in [0.29, 0.717) is 11.3 Å². The van der Waals surface area contributed by atoms with Crippen LogP contribution in [0.2, 0.25) is 0 Å². The molecule has 2 N–H and O–H groups in total. The van der Waals surface area contributed by atoms with Gasteiger partial charge in [0, 0.05) is 5.25 Å². The maximum atomic E-state index is 5.53. The molecule has 1 heterocycles. The fourth-order valence-corrected chi connectivity index (χ4v) is 2.06. The van der Waals surface area contributed by atoms with Crippen LogP contribution in [0.4, 0.5) is 0 Å². The summed E-state index contributed by atoms with van der Waals surface area (Å²) in [5.74, 6) is 0. The lowest BCUT2D eigenvalue weighted by Crippen LogP contribution is -2.22. The highest BCUT2D eigenvalue weighted by Gasteiger charge is 2.15. The van der Waals surface area contributed by atoms with Crippen LogP contribution in [0.5, 0.6) is 0 Å². The molecule has 0 saturated carbocycles. The van der Waals surface area contributed by atoms with Crippen LogP contribution in [0.15, 0.2) is 4.99 Å². The summed E-state index contributed by atoms with van der Waals surface area (Å²) in [5.41, 5.74) is 5.53. The molecule has 2 nitrogen and oxygen atoms in total. The van der Waals surface area contributed by atoms with Gasteiger partial charge in [0.2, 0.25) is 0 Å². The Morgan fingerprint density at radius 3 is 2.78 bits per heavy atom. The largest absolute Gasteiger partial charge is 0.379 e. The number of aliphatic imine (C=N–C) groups is 1. The van der Waals surface area contributed by atoms with Gasteiger partial charge < -0.3 is 5.73 Å². The Morgan fingerprint density at radius 2 is 2.33 bits per heavy atom. The lowest BCUT2D eigenvalue weighted by Gasteiger charge is -2.19. The van der Waals surface area contributed by atoms with Crippen LogP contribution in [0.3, 0.4) is 0 Å². The average molecular weight is 144 g/mol. The second-order valence-electron chi connectivity index (χ2n) is 2.48. The molecule has 52 valence electrons. The van der Waals surface area contributed by atoms with Crippen molar-refractivity contribution in [3.63, 3.8) is 0 Å². The predicted molar refractivity (Wildman–Crippen MR) is 42.8 cm³/mol. The molecule has 0 unspecified atom stereocenters. The second kappa shape index (κ2) is 2.60. The van der Waals surface area contributed by atoms with Crippen molar-refractivity contribution in [3.05, 3.63) is 0 Å². The third kappa shape index (κ3) is 1.90. The molecule has 1 rings (SSSR count). The van der Waals surface area contributed by atoms with Crippen LogP contribution in [0.1, 0.15) is 20.3 Å². The zero-order valence-corrected chi connectivity index (χ0v) is 6.61. The second-order valence-corrected chi connectivity index (χ2v) is 3.94. The smallest absolute Gasteiger partial charge is 0.154 e. The number of hydrogen-bond acceptors (Lipinski definition) is 3. The molecule has 2 atom stereocenters. The number of rotatable bonds is 0. The first kappa shape index (κ1) is 6.93. The zero-order valence-electron chi connectivity index (χ0n) is 5.79. The molecular weight excluding hydrogens is 132 g/mol. The highest BCUT2D eigenvalue weighted by molar-refractivity contribution is 8.14. The van der Waals surface area contributed by atoms with Crippen molar-refractivity contribution in [2.45, 2.75) is 31.6 Å². The van der Waals surface area contributed by atoms with Crippen molar-refractivity contribution in [1.82, 2.24) is 0 Å². The molecule has 1 aliphatic heterocycles. The van der Waals surface area contributed by atoms with E-state index in [1.165, 1.54) is 0 Å². The molecule has 0 spiro atoms. The fraction of sp³-hybridized carbons (Fsp3) is 0.833. The van der Waals surface area contributed by atoms with E-state index in [0.717, 1.165) is 11.6 Å². The molecule has 9 heavy (non-hydrogen) atoms. The lowest BCUT2D eigenvalue weighted by molar-refractivity contribution is 0.660. The Morgan fingerprint density at radius 1 is 1.67 bits per heavy atom. The van der Waals surface area contributed by atoms with Crippen LogP contribution in [-0.2, 0) is 0 Å². The first-order valence-corrected chi connectivity index (χ1v) is 4.06. The Kier molecular flexibility index (Phi) is 2.01. The Balaban J connectivity index is 2.56. The van der Waals surface area contributed by atoms with Gasteiger partial charge in [0.25, 0.3) is 0 Å². The summed E-state index contributed by atoms with van der Waals surface area (Å²) in [7, 11) is 0. The van der Waals surface area contributed by atoms with Crippen LogP contribution in [0.25, 0.3) is 0 Å². The lowest BCUT2D eigenvalue weighted by atomic mass is 10.2. The normalized spacial score (nSPS) is 36.0.